The highest BCUT2D eigenvalue weighted by Gasteiger charge is 2.35. The molecule has 0 bridgehead atoms. The van der Waals surface area contributed by atoms with Crippen molar-refractivity contribution in [1.82, 2.24) is 10.6 Å². The molecule has 130 valence electrons. The van der Waals surface area contributed by atoms with Crippen LogP contribution in [0.5, 0.6) is 5.75 Å². The summed E-state index contributed by atoms with van der Waals surface area (Å²) in [4.78, 5) is 12.5. The van der Waals surface area contributed by atoms with E-state index in [2.05, 4.69) is 10.6 Å². The Hall–Kier alpha value is -1.26. The molecule has 1 saturated heterocycles. The van der Waals surface area contributed by atoms with E-state index in [1.807, 2.05) is 52.0 Å². The fourth-order valence-corrected chi connectivity index (χ4v) is 2.81. The average molecular weight is 341 g/mol. The summed E-state index contributed by atoms with van der Waals surface area (Å²) >= 11 is 0. The predicted octanol–water partition coefficient (Wildman–Crippen LogP) is 3.46. The number of carbonyl (C=O) groups excluding carboxylic acids is 1. The Morgan fingerprint density at radius 1 is 1.26 bits per heavy atom. The first-order chi connectivity index (χ1) is 10.4. The number of ether oxygens (including phenoxy) is 1. The third-order valence-electron chi connectivity index (χ3n) is 4.24. The second-order valence-corrected chi connectivity index (χ2v) is 6.77. The Kier molecular flexibility index (Phi) is 7.36. The van der Waals surface area contributed by atoms with E-state index in [0.717, 1.165) is 37.2 Å². The molecule has 23 heavy (non-hydrogen) atoms. The standard InChI is InChI=1S/C18H28N2O2.ClH/c1-13(2)22-16-8-6-15(7-9-16)14(3)20-17(21)18(4)10-5-11-19-12-18;/h6-9,13-14,19H,5,10-12H2,1-4H3,(H,20,21);1H. The van der Waals surface area contributed by atoms with Gasteiger partial charge in [0.15, 0.2) is 0 Å². The third-order valence-corrected chi connectivity index (χ3v) is 4.24. The molecular weight excluding hydrogens is 312 g/mol. The maximum atomic E-state index is 12.5. The Bertz CT molecular complexity index is 496. The molecule has 4 nitrogen and oxygen atoms in total. The van der Waals surface area contributed by atoms with E-state index in [1.165, 1.54) is 0 Å². The first-order valence-electron chi connectivity index (χ1n) is 8.19. The largest absolute Gasteiger partial charge is 0.491 e. The van der Waals surface area contributed by atoms with Gasteiger partial charge >= 0.3 is 0 Å². The van der Waals surface area contributed by atoms with Crippen LogP contribution in [-0.4, -0.2) is 25.1 Å². The quantitative estimate of drug-likeness (QED) is 0.863. The zero-order valence-electron chi connectivity index (χ0n) is 14.5. The third kappa shape index (κ3) is 5.40. The topological polar surface area (TPSA) is 50.4 Å². The molecule has 1 heterocycles. The summed E-state index contributed by atoms with van der Waals surface area (Å²) in [5.41, 5.74) is 0.796. The monoisotopic (exact) mass is 340 g/mol. The van der Waals surface area contributed by atoms with Crippen molar-refractivity contribution in [2.75, 3.05) is 13.1 Å². The second-order valence-electron chi connectivity index (χ2n) is 6.77. The lowest BCUT2D eigenvalue weighted by atomic mass is 9.81. The predicted molar refractivity (Wildman–Crippen MR) is 96.2 cm³/mol. The van der Waals surface area contributed by atoms with Crippen LogP contribution in [0.2, 0.25) is 0 Å². The van der Waals surface area contributed by atoms with E-state index < -0.39 is 0 Å². The summed E-state index contributed by atoms with van der Waals surface area (Å²) in [7, 11) is 0. The molecule has 5 heteroatoms. The van der Waals surface area contributed by atoms with Crippen LogP contribution in [0.3, 0.4) is 0 Å². The molecule has 1 amide bonds. The minimum atomic E-state index is -0.298. The van der Waals surface area contributed by atoms with Gasteiger partial charge in [0.1, 0.15) is 5.75 Å². The van der Waals surface area contributed by atoms with Gasteiger partial charge in [-0.2, -0.15) is 0 Å². The fourth-order valence-electron chi connectivity index (χ4n) is 2.81. The van der Waals surface area contributed by atoms with Crippen molar-refractivity contribution in [2.24, 2.45) is 5.41 Å². The zero-order valence-corrected chi connectivity index (χ0v) is 15.3. The highest BCUT2D eigenvalue weighted by molar-refractivity contribution is 5.85. The molecule has 1 fully saturated rings. The van der Waals surface area contributed by atoms with Gasteiger partial charge in [-0.25, -0.2) is 0 Å². The lowest BCUT2D eigenvalue weighted by Crippen LogP contribution is -2.49. The normalized spacial score (nSPS) is 22.1. The molecule has 0 radical (unpaired) electrons. The van der Waals surface area contributed by atoms with Crippen molar-refractivity contribution in [1.29, 1.82) is 0 Å². The van der Waals surface area contributed by atoms with Gasteiger partial charge in [-0.05, 0) is 64.8 Å². The van der Waals surface area contributed by atoms with Crippen molar-refractivity contribution >= 4 is 18.3 Å². The van der Waals surface area contributed by atoms with Crippen LogP contribution < -0.4 is 15.4 Å². The van der Waals surface area contributed by atoms with Crippen molar-refractivity contribution < 1.29 is 9.53 Å². The van der Waals surface area contributed by atoms with Crippen LogP contribution in [0.25, 0.3) is 0 Å². The molecule has 0 spiro atoms. The summed E-state index contributed by atoms with van der Waals surface area (Å²) in [6.07, 6.45) is 2.17. The van der Waals surface area contributed by atoms with Gasteiger partial charge in [0.25, 0.3) is 0 Å². The summed E-state index contributed by atoms with van der Waals surface area (Å²) in [5.74, 6) is 0.996. The minimum Gasteiger partial charge on any atom is -0.491 e. The van der Waals surface area contributed by atoms with Crippen LogP contribution in [0.1, 0.15) is 52.1 Å². The van der Waals surface area contributed by atoms with Gasteiger partial charge in [-0.1, -0.05) is 12.1 Å². The van der Waals surface area contributed by atoms with E-state index in [4.69, 9.17) is 4.74 Å². The molecule has 2 N–H and O–H groups in total. The number of halogens is 1. The highest BCUT2D eigenvalue weighted by Crippen LogP contribution is 2.27. The van der Waals surface area contributed by atoms with Crippen LogP contribution in [0, 0.1) is 5.41 Å². The number of amides is 1. The summed E-state index contributed by atoms with van der Waals surface area (Å²) in [5, 5.41) is 6.46. The number of hydrogen-bond donors (Lipinski definition) is 2. The van der Waals surface area contributed by atoms with E-state index >= 15 is 0 Å². The first-order valence-corrected chi connectivity index (χ1v) is 8.19. The van der Waals surface area contributed by atoms with Gasteiger partial charge in [0.2, 0.25) is 5.91 Å². The Labute approximate surface area is 145 Å². The van der Waals surface area contributed by atoms with Crippen molar-refractivity contribution in [2.45, 2.75) is 52.7 Å². The number of carbonyl (C=O) groups is 1. The van der Waals surface area contributed by atoms with Crippen molar-refractivity contribution in [3.05, 3.63) is 29.8 Å². The van der Waals surface area contributed by atoms with Crippen molar-refractivity contribution in [3.8, 4) is 5.75 Å². The Morgan fingerprint density at radius 3 is 2.43 bits per heavy atom. The second kappa shape index (κ2) is 8.55. The number of piperidine rings is 1. The number of benzene rings is 1. The lowest BCUT2D eigenvalue weighted by molar-refractivity contribution is -0.131. The van der Waals surface area contributed by atoms with Crippen LogP contribution >= 0.6 is 12.4 Å². The van der Waals surface area contributed by atoms with E-state index in [0.29, 0.717) is 0 Å². The van der Waals surface area contributed by atoms with E-state index in [9.17, 15) is 4.79 Å². The molecule has 1 aliphatic heterocycles. The Balaban J connectivity index is 0.00000264. The molecular formula is C18H29ClN2O2. The van der Waals surface area contributed by atoms with E-state index in [1.54, 1.807) is 0 Å². The zero-order chi connectivity index (χ0) is 16.2. The summed E-state index contributed by atoms with van der Waals surface area (Å²) in [6.45, 7) is 9.85. The molecule has 0 aromatic heterocycles. The lowest BCUT2D eigenvalue weighted by Gasteiger charge is -2.33. The molecule has 1 aliphatic rings. The molecule has 2 atom stereocenters. The molecule has 1 aromatic carbocycles. The van der Waals surface area contributed by atoms with Gasteiger partial charge in [-0.3, -0.25) is 4.79 Å². The van der Waals surface area contributed by atoms with E-state index in [-0.39, 0.29) is 35.9 Å². The maximum Gasteiger partial charge on any atom is 0.227 e. The van der Waals surface area contributed by atoms with Gasteiger partial charge in [0.05, 0.1) is 17.6 Å². The average Bonchev–Trinajstić information content (AvgIpc) is 2.48. The van der Waals surface area contributed by atoms with Gasteiger partial charge in [-0.15, -0.1) is 12.4 Å². The molecule has 0 saturated carbocycles. The minimum absolute atomic E-state index is 0. The summed E-state index contributed by atoms with van der Waals surface area (Å²) < 4.78 is 5.65. The maximum absolute atomic E-state index is 12.5. The molecule has 0 aliphatic carbocycles. The number of nitrogens with one attached hydrogen (secondary N) is 2. The molecule has 1 aromatic rings. The van der Waals surface area contributed by atoms with Crippen LogP contribution in [0.4, 0.5) is 0 Å². The number of hydrogen-bond acceptors (Lipinski definition) is 3. The smallest absolute Gasteiger partial charge is 0.227 e. The highest BCUT2D eigenvalue weighted by atomic mass is 35.5. The van der Waals surface area contributed by atoms with Crippen molar-refractivity contribution in [3.63, 3.8) is 0 Å². The molecule has 2 unspecified atom stereocenters. The first kappa shape index (κ1) is 19.8. The van der Waals surface area contributed by atoms with Crippen LogP contribution in [0.15, 0.2) is 24.3 Å². The van der Waals surface area contributed by atoms with Crippen LogP contribution in [-0.2, 0) is 4.79 Å². The fraction of sp³-hybridized carbons (Fsp3) is 0.611. The van der Waals surface area contributed by atoms with Gasteiger partial charge in [0, 0.05) is 6.54 Å². The Morgan fingerprint density at radius 2 is 1.91 bits per heavy atom. The van der Waals surface area contributed by atoms with Gasteiger partial charge < -0.3 is 15.4 Å². The number of rotatable bonds is 5. The summed E-state index contributed by atoms with van der Waals surface area (Å²) in [6, 6.07) is 7.96. The SMILES string of the molecule is CC(C)Oc1ccc(C(C)NC(=O)C2(C)CCCNC2)cc1.Cl. The molecule has 2 rings (SSSR count).